The van der Waals surface area contributed by atoms with Gasteiger partial charge in [0.15, 0.2) is 0 Å². The van der Waals surface area contributed by atoms with Crippen LogP contribution in [0.2, 0.25) is 0 Å². The van der Waals surface area contributed by atoms with Gasteiger partial charge >= 0.3 is 5.97 Å². The maximum atomic E-state index is 12.6. The van der Waals surface area contributed by atoms with Crippen molar-refractivity contribution in [2.75, 3.05) is 17.2 Å². The molecule has 0 saturated carbocycles. The van der Waals surface area contributed by atoms with Gasteiger partial charge < -0.3 is 15.4 Å². The molecule has 0 aliphatic rings. The second-order valence-electron chi connectivity index (χ2n) is 6.19. The van der Waals surface area contributed by atoms with Crippen LogP contribution in [0.1, 0.15) is 42.3 Å². The minimum Gasteiger partial charge on any atom is -0.462 e. The van der Waals surface area contributed by atoms with Crippen LogP contribution in [-0.2, 0) is 22.4 Å². The number of benzene rings is 2. The van der Waals surface area contributed by atoms with Crippen molar-refractivity contribution in [2.24, 2.45) is 0 Å². The highest BCUT2D eigenvalue weighted by molar-refractivity contribution is 6.09. The Morgan fingerprint density at radius 2 is 1.69 bits per heavy atom. The van der Waals surface area contributed by atoms with Crippen molar-refractivity contribution < 1.29 is 14.3 Å². The van der Waals surface area contributed by atoms with E-state index in [1.165, 1.54) is 6.20 Å². The molecular formula is C23H25N3O3. The molecule has 6 nitrogen and oxygen atoms in total. The molecule has 0 atom stereocenters. The van der Waals surface area contributed by atoms with Crippen molar-refractivity contribution in [3.8, 4) is 6.07 Å². The van der Waals surface area contributed by atoms with Crippen molar-refractivity contribution in [3.63, 3.8) is 0 Å². The van der Waals surface area contributed by atoms with E-state index in [1.807, 2.05) is 38.1 Å². The lowest BCUT2D eigenvalue weighted by Crippen LogP contribution is -2.17. The van der Waals surface area contributed by atoms with Gasteiger partial charge in [-0.3, -0.25) is 4.79 Å². The first-order chi connectivity index (χ1) is 14.0. The molecular weight excluding hydrogens is 366 g/mol. The molecule has 0 spiro atoms. The third kappa shape index (κ3) is 5.45. The molecule has 2 N–H and O–H groups in total. The molecule has 2 aromatic carbocycles. The number of anilines is 2. The van der Waals surface area contributed by atoms with E-state index >= 15 is 0 Å². The fourth-order valence-corrected chi connectivity index (χ4v) is 2.89. The summed E-state index contributed by atoms with van der Waals surface area (Å²) < 4.78 is 5.01. The fourth-order valence-electron chi connectivity index (χ4n) is 2.89. The van der Waals surface area contributed by atoms with Crippen LogP contribution in [-0.4, -0.2) is 18.5 Å². The number of nitrogens with zero attached hydrogens (tertiary/aromatic N) is 1. The number of para-hydroxylation sites is 2. The summed E-state index contributed by atoms with van der Waals surface area (Å²) in [5, 5.41) is 15.2. The van der Waals surface area contributed by atoms with Crippen LogP contribution in [0.25, 0.3) is 0 Å². The number of amides is 1. The van der Waals surface area contributed by atoms with Gasteiger partial charge in [0.25, 0.3) is 5.91 Å². The van der Waals surface area contributed by atoms with Crippen LogP contribution in [0.3, 0.4) is 0 Å². The number of hydrogen-bond donors (Lipinski definition) is 2. The van der Waals surface area contributed by atoms with Gasteiger partial charge in [0.1, 0.15) is 11.6 Å². The highest BCUT2D eigenvalue weighted by Gasteiger charge is 2.16. The molecule has 6 heteroatoms. The predicted octanol–water partition coefficient (Wildman–Crippen LogP) is 4.45. The van der Waals surface area contributed by atoms with Gasteiger partial charge in [0.2, 0.25) is 0 Å². The third-order valence-electron chi connectivity index (χ3n) is 4.40. The van der Waals surface area contributed by atoms with Crippen LogP contribution in [0.4, 0.5) is 11.4 Å². The van der Waals surface area contributed by atoms with Crippen LogP contribution in [0, 0.1) is 11.3 Å². The Morgan fingerprint density at radius 1 is 1.03 bits per heavy atom. The summed E-state index contributed by atoms with van der Waals surface area (Å²) in [7, 11) is 0. The number of carbonyl (C=O) groups excluding carboxylic acids is 2. The first-order valence-corrected chi connectivity index (χ1v) is 9.60. The maximum Gasteiger partial charge on any atom is 0.340 e. The van der Waals surface area contributed by atoms with Gasteiger partial charge in [0, 0.05) is 11.9 Å². The zero-order chi connectivity index (χ0) is 21.2. The third-order valence-corrected chi connectivity index (χ3v) is 4.40. The van der Waals surface area contributed by atoms with Gasteiger partial charge in [-0.05, 0) is 43.0 Å². The van der Waals surface area contributed by atoms with E-state index in [9.17, 15) is 14.9 Å². The zero-order valence-corrected chi connectivity index (χ0v) is 16.9. The van der Waals surface area contributed by atoms with Crippen molar-refractivity contribution in [1.29, 1.82) is 5.26 Å². The van der Waals surface area contributed by atoms with E-state index in [4.69, 9.17) is 4.74 Å². The lowest BCUT2D eigenvalue weighted by molar-refractivity contribution is -0.112. The van der Waals surface area contributed by atoms with E-state index in [0.717, 1.165) is 29.7 Å². The highest BCUT2D eigenvalue weighted by Crippen LogP contribution is 2.23. The normalized spacial score (nSPS) is 10.8. The van der Waals surface area contributed by atoms with Crippen molar-refractivity contribution >= 4 is 23.3 Å². The quantitative estimate of drug-likeness (QED) is 0.394. The zero-order valence-electron chi connectivity index (χ0n) is 16.9. The lowest BCUT2D eigenvalue weighted by atomic mass is 10.0. The van der Waals surface area contributed by atoms with Crippen molar-refractivity contribution in [1.82, 2.24) is 0 Å². The van der Waals surface area contributed by atoms with E-state index < -0.39 is 11.9 Å². The molecule has 0 aliphatic carbocycles. The molecule has 2 rings (SSSR count). The number of nitriles is 1. The lowest BCUT2D eigenvalue weighted by Gasteiger charge is -2.13. The van der Waals surface area contributed by atoms with Gasteiger partial charge in [-0.15, -0.1) is 0 Å². The number of aryl methyl sites for hydroxylation is 2. The van der Waals surface area contributed by atoms with Gasteiger partial charge in [-0.1, -0.05) is 44.2 Å². The standard InChI is InChI=1S/C23H25N3O3/c1-4-16-10-9-11-17(5-2)21(16)25-15-18(14-24)22(27)26-20-13-8-7-12-19(20)23(28)29-6-3/h7-13,15,25H,4-6H2,1-3H3,(H,26,27)/b18-15-. The summed E-state index contributed by atoms with van der Waals surface area (Å²) in [5.74, 6) is -1.14. The Labute approximate surface area is 171 Å². The molecule has 0 unspecified atom stereocenters. The monoisotopic (exact) mass is 391 g/mol. The molecule has 0 heterocycles. The average Bonchev–Trinajstić information content (AvgIpc) is 2.74. The Morgan fingerprint density at radius 3 is 2.28 bits per heavy atom. The molecule has 0 radical (unpaired) electrons. The first kappa shape index (κ1) is 21.7. The molecule has 2 aromatic rings. The summed E-state index contributed by atoms with van der Waals surface area (Å²) in [4.78, 5) is 24.7. The molecule has 0 fully saturated rings. The number of ether oxygens (including phenoxy) is 1. The summed E-state index contributed by atoms with van der Waals surface area (Å²) in [6, 6.07) is 14.5. The van der Waals surface area contributed by atoms with E-state index in [0.29, 0.717) is 5.69 Å². The van der Waals surface area contributed by atoms with E-state index in [-0.39, 0.29) is 17.7 Å². The Hall–Kier alpha value is -3.59. The molecule has 0 saturated heterocycles. The Bertz CT molecular complexity index is 936. The average molecular weight is 391 g/mol. The second kappa shape index (κ2) is 10.7. The second-order valence-corrected chi connectivity index (χ2v) is 6.19. The molecule has 29 heavy (non-hydrogen) atoms. The minimum absolute atomic E-state index is 0.100. The largest absolute Gasteiger partial charge is 0.462 e. The first-order valence-electron chi connectivity index (χ1n) is 9.60. The molecule has 1 amide bonds. The topological polar surface area (TPSA) is 91.2 Å². The van der Waals surface area contributed by atoms with Crippen LogP contribution in [0.15, 0.2) is 54.2 Å². The van der Waals surface area contributed by atoms with Gasteiger partial charge in [0.05, 0.1) is 17.9 Å². The minimum atomic E-state index is -0.608. The number of esters is 1. The molecule has 0 aromatic heterocycles. The van der Waals surface area contributed by atoms with Crippen molar-refractivity contribution in [2.45, 2.75) is 33.6 Å². The highest BCUT2D eigenvalue weighted by atomic mass is 16.5. The molecule has 0 bridgehead atoms. The van der Waals surface area contributed by atoms with E-state index in [1.54, 1.807) is 31.2 Å². The number of nitrogens with one attached hydrogen (secondary N) is 2. The maximum absolute atomic E-state index is 12.6. The van der Waals surface area contributed by atoms with Crippen LogP contribution in [0.5, 0.6) is 0 Å². The predicted molar refractivity (Wildman–Crippen MR) is 114 cm³/mol. The fraction of sp³-hybridized carbons (Fsp3) is 0.261. The van der Waals surface area contributed by atoms with Crippen molar-refractivity contribution in [3.05, 3.63) is 70.9 Å². The number of hydrogen-bond acceptors (Lipinski definition) is 5. The van der Waals surface area contributed by atoms with Crippen LogP contribution >= 0.6 is 0 Å². The molecule has 0 aliphatic heterocycles. The molecule has 150 valence electrons. The summed E-state index contributed by atoms with van der Waals surface area (Å²) in [5.41, 5.74) is 3.54. The van der Waals surface area contributed by atoms with Crippen LogP contribution < -0.4 is 10.6 Å². The Kier molecular flexibility index (Phi) is 7.99. The Balaban J connectivity index is 2.25. The number of carbonyl (C=O) groups is 2. The van der Waals surface area contributed by atoms with E-state index in [2.05, 4.69) is 10.6 Å². The summed E-state index contributed by atoms with van der Waals surface area (Å²) in [6.07, 6.45) is 3.05. The summed E-state index contributed by atoms with van der Waals surface area (Å²) in [6.45, 7) is 6.03. The SMILES string of the molecule is CCOC(=O)c1ccccc1NC(=O)/C(C#N)=C\Nc1c(CC)cccc1CC. The summed E-state index contributed by atoms with van der Waals surface area (Å²) >= 11 is 0. The van der Waals surface area contributed by atoms with Gasteiger partial charge in [-0.2, -0.15) is 5.26 Å². The number of rotatable bonds is 8. The smallest absolute Gasteiger partial charge is 0.340 e. The van der Waals surface area contributed by atoms with Gasteiger partial charge in [-0.25, -0.2) is 4.79 Å².